The molecule has 1 saturated carbocycles. The second-order valence-corrected chi connectivity index (χ2v) is 7.98. The molecule has 5 nitrogen and oxygen atoms in total. The highest BCUT2D eigenvalue weighted by Gasteiger charge is 2.30. The van der Waals surface area contributed by atoms with Crippen LogP contribution in [0.25, 0.3) is 10.9 Å². The number of rotatable bonds is 4. The van der Waals surface area contributed by atoms with E-state index in [0.29, 0.717) is 5.52 Å². The third kappa shape index (κ3) is 3.39. The number of aryl methyl sites for hydroxylation is 1. The van der Waals surface area contributed by atoms with Crippen LogP contribution < -0.4 is 4.72 Å². The topological polar surface area (TPSA) is 79.3 Å². The average Bonchev–Trinajstić information content (AvgIpc) is 2.54. The Balaban J connectivity index is 1.96. The Hall–Kier alpha value is -1.50. The monoisotopic (exact) mass is 334 g/mol. The van der Waals surface area contributed by atoms with Crippen LogP contribution in [-0.4, -0.2) is 31.2 Å². The normalized spacial score (nSPS) is 22.3. The summed E-state index contributed by atoms with van der Waals surface area (Å²) in [5.41, 5.74) is 1.48. The van der Waals surface area contributed by atoms with Crippen molar-refractivity contribution in [2.24, 2.45) is 5.92 Å². The molecule has 6 heteroatoms. The first kappa shape index (κ1) is 16.4. The summed E-state index contributed by atoms with van der Waals surface area (Å²) in [5.74, 6) is -0.0105. The van der Waals surface area contributed by atoms with Gasteiger partial charge < -0.3 is 5.11 Å². The molecule has 1 heterocycles. The fourth-order valence-electron chi connectivity index (χ4n) is 3.30. The lowest BCUT2D eigenvalue weighted by molar-refractivity contribution is 0.164. The molecule has 23 heavy (non-hydrogen) atoms. The van der Waals surface area contributed by atoms with Gasteiger partial charge in [-0.1, -0.05) is 25.0 Å². The molecule has 0 aliphatic heterocycles. The SMILES string of the molecule is Cc1cnc2c(S(=O)(=O)NC3CCCCC3CO)cccc2c1. The van der Waals surface area contributed by atoms with Crippen molar-refractivity contribution in [1.82, 2.24) is 9.71 Å². The van der Waals surface area contributed by atoms with E-state index < -0.39 is 10.0 Å². The minimum absolute atomic E-state index is 0.0105. The van der Waals surface area contributed by atoms with Crippen LogP contribution in [0.1, 0.15) is 31.2 Å². The molecule has 3 rings (SSSR count). The highest BCUT2D eigenvalue weighted by atomic mass is 32.2. The van der Waals surface area contributed by atoms with Gasteiger partial charge >= 0.3 is 0 Å². The van der Waals surface area contributed by atoms with Crippen molar-refractivity contribution in [2.45, 2.75) is 43.5 Å². The van der Waals surface area contributed by atoms with Gasteiger partial charge in [-0.15, -0.1) is 0 Å². The molecule has 1 aromatic heterocycles. The van der Waals surface area contributed by atoms with Crippen LogP contribution in [0.3, 0.4) is 0 Å². The molecule has 124 valence electrons. The smallest absolute Gasteiger partial charge is 0.242 e. The lowest BCUT2D eigenvalue weighted by atomic mass is 9.86. The van der Waals surface area contributed by atoms with Crippen molar-refractivity contribution in [3.05, 3.63) is 36.0 Å². The van der Waals surface area contributed by atoms with Crippen LogP contribution >= 0.6 is 0 Å². The van der Waals surface area contributed by atoms with Gasteiger partial charge in [-0.25, -0.2) is 13.1 Å². The molecular formula is C17H22N2O3S. The molecular weight excluding hydrogens is 312 g/mol. The molecule has 0 amide bonds. The zero-order chi connectivity index (χ0) is 16.4. The number of sulfonamides is 1. The highest BCUT2D eigenvalue weighted by Crippen LogP contribution is 2.27. The van der Waals surface area contributed by atoms with E-state index >= 15 is 0 Å². The van der Waals surface area contributed by atoms with E-state index in [1.165, 1.54) is 0 Å². The van der Waals surface area contributed by atoms with Crippen molar-refractivity contribution < 1.29 is 13.5 Å². The second kappa shape index (κ2) is 6.55. The van der Waals surface area contributed by atoms with Crippen molar-refractivity contribution >= 4 is 20.9 Å². The predicted molar refractivity (Wildman–Crippen MR) is 89.6 cm³/mol. The van der Waals surface area contributed by atoms with Crippen LogP contribution in [0.4, 0.5) is 0 Å². The fourth-order valence-corrected chi connectivity index (χ4v) is 4.82. The second-order valence-electron chi connectivity index (χ2n) is 6.30. The largest absolute Gasteiger partial charge is 0.396 e. The van der Waals surface area contributed by atoms with Gasteiger partial charge in [-0.3, -0.25) is 4.98 Å². The van der Waals surface area contributed by atoms with Crippen LogP contribution in [0, 0.1) is 12.8 Å². The Kier molecular flexibility index (Phi) is 4.66. The summed E-state index contributed by atoms with van der Waals surface area (Å²) in [6.07, 6.45) is 5.33. The van der Waals surface area contributed by atoms with Crippen molar-refractivity contribution in [3.63, 3.8) is 0 Å². The lowest BCUT2D eigenvalue weighted by Gasteiger charge is -2.30. The minimum Gasteiger partial charge on any atom is -0.396 e. The van der Waals surface area contributed by atoms with Gasteiger partial charge in [0, 0.05) is 24.2 Å². The zero-order valence-corrected chi connectivity index (χ0v) is 14.0. The predicted octanol–water partition coefficient (Wildman–Crippen LogP) is 2.37. The average molecular weight is 334 g/mol. The number of pyridine rings is 1. The third-order valence-electron chi connectivity index (χ3n) is 4.55. The van der Waals surface area contributed by atoms with Gasteiger partial charge in [0.2, 0.25) is 10.0 Å². The molecule has 2 aromatic rings. The highest BCUT2D eigenvalue weighted by molar-refractivity contribution is 7.89. The Bertz CT molecular complexity index is 805. The molecule has 2 N–H and O–H groups in total. The number of fused-ring (bicyclic) bond motifs is 1. The number of hydrogen-bond acceptors (Lipinski definition) is 4. The van der Waals surface area contributed by atoms with Gasteiger partial charge in [-0.2, -0.15) is 0 Å². The molecule has 2 atom stereocenters. The molecule has 0 radical (unpaired) electrons. The van der Waals surface area contributed by atoms with Gasteiger partial charge in [0.25, 0.3) is 0 Å². The molecule has 1 aliphatic rings. The van der Waals surface area contributed by atoms with Crippen LogP contribution in [-0.2, 0) is 10.0 Å². The van der Waals surface area contributed by atoms with E-state index in [-0.39, 0.29) is 23.5 Å². The van der Waals surface area contributed by atoms with E-state index in [1.807, 2.05) is 19.1 Å². The maximum atomic E-state index is 12.8. The lowest BCUT2D eigenvalue weighted by Crippen LogP contribution is -2.43. The molecule has 2 unspecified atom stereocenters. The number of aromatic nitrogens is 1. The van der Waals surface area contributed by atoms with Crippen LogP contribution in [0.5, 0.6) is 0 Å². The zero-order valence-electron chi connectivity index (χ0n) is 13.2. The van der Waals surface area contributed by atoms with Gasteiger partial charge in [0.05, 0.1) is 5.52 Å². The number of benzene rings is 1. The summed E-state index contributed by atoms with van der Waals surface area (Å²) in [4.78, 5) is 4.52. The molecule has 0 spiro atoms. The molecule has 1 aromatic carbocycles. The third-order valence-corrected chi connectivity index (χ3v) is 6.07. The maximum Gasteiger partial charge on any atom is 0.242 e. The van der Waals surface area contributed by atoms with E-state index in [4.69, 9.17) is 0 Å². The van der Waals surface area contributed by atoms with E-state index in [2.05, 4.69) is 9.71 Å². The van der Waals surface area contributed by atoms with Gasteiger partial charge in [0.1, 0.15) is 4.90 Å². The number of aliphatic hydroxyl groups is 1. The number of nitrogens with one attached hydrogen (secondary N) is 1. The number of aliphatic hydroxyl groups excluding tert-OH is 1. The van der Waals surface area contributed by atoms with Crippen LogP contribution in [0.2, 0.25) is 0 Å². The summed E-state index contributed by atoms with van der Waals surface area (Å²) < 4.78 is 28.4. The Morgan fingerprint density at radius 1 is 1.30 bits per heavy atom. The standard InChI is InChI=1S/C17H22N2O3S/c1-12-9-13-6-4-8-16(17(13)18-10-12)23(21,22)19-15-7-3-2-5-14(15)11-20/h4,6,8-10,14-15,19-20H,2-3,5,7,11H2,1H3. The summed E-state index contributed by atoms with van der Waals surface area (Å²) in [7, 11) is -3.67. The Morgan fingerprint density at radius 2 is 2.09 bits per heavy atom. The quantitative estimate of drug-likeness (QED) is 0.900. The van der Waals surface area contributed by atoms with Gasteiger partial charge in [0.15, 0.2) is 0 Å². The van der Waals surface area contributed by atoms with Crippen molar-refractivity contribution in [3.8, 4) is 0 Å². The van der Waals surface area contributed by atoms with Crippen molar-refractivity contribution in [1.29, 1.82) is 0 Å². The first-order valence-corrected chi connectivity index (χ1v) is 9.48. The molecule has 1 aliphatic carbocycles. The first-order valence-electron chi connectivity index (χ1n) is 8.00. The first-order chi connectivity index (χ1) is 11.0. The van der Waals surface area contributed by atoms with E-state index in [1.54, 1.807) is 18.3 Å². The summed E-state index contributed by atoms with van der Waals surface area (Å²) in [5, 5.41) is 10.3. The maximum absolute atomic E-state index is 12.8. The fraction of sp³-hybridized carbons (Fsp3) is 0.471. The number of hydrogen-bond donors (Lipinski definition) is 2. The molecule has 0 bridgehead atoms. The minimum atomic E-state index is -3.67. The van der Waals surface area contributed by atoms with Gasteiger partial charge in [-0.05, 0) is 43.4 Å². The van der Waals surface area contributed by atoms with Crippen molar-refractivity contribution in [2.75, 3.05) is 6.61 Å². The van der Waals surface area contributed by atoms with E-state index in [9.17, 15) is 13.5 Å². The molecule has 1 fully saturated rings. The summed E-state index contributed by atoms with van der Waals surface area (Å²) >= 11 is 0. The summed E-state index contributed by atoms with van der Waals surface area (Å²) in [6.45, 7) is 1.94. The summed E-state index contributed by atoms with van der Waals surface area (Å²) in [6, 6.07) is 6.91. The van der Waals surface area contributed by atoms with Crippen LogP contribution in [0.15, 0.2) is 35.4 Å². The Labute approximate surface area is 136 Å². The Morgan fingerprint density at radius 3 is 2.87 bits per heavy atom. The molecule has 0 saturated heterocycles. The number of nitrogens with zero attached hydrogens (tertiary/aromatic N) is 1. The van der Waals surface area contributed by atoms with E-state index in [0.717, 1.165) is 36.6 Å². The number of para-hydroxylation sites is 1.